The minimum Gasteiger partial charge on any atom is -0.453 e. The average Bonchev–Trinajstić information content (AvgIpc) is 2.20. The Bertz CT molecular complexity index is 313. The average molecular weight is 194 g/mol. The fraction of sp³-hybridized carbons (Fsp3) is 0.300. The number of methoxy groups -OCH3 is 1. The zero-order valence-corrected chi connectivity index (χ0v) is 8.12. The number of nitrogens with one attached hydrogen (secondary N) is 1. The van der Waals surface area contributed by atoms with Crippen molar-refractivity contribution in [3.63, 3.8) is 0 Å². The third-order valence-corrected chi connectivity index (χ3v) is 1.90. The van der Waals surface area contributed by atoms with Gasteiger partial charge in [-0.3, -0.25) is 0 Å². The van der Waals surface area contributed by atoms with Gasteiger partial charge in [0.1, 0.15) is 0 Å². The number of hydrogen-bond donors (Lipinski definition) is 2. The van der Waals surface area contributed by atoms with Crippen LogP contribution in [0.3, 0.4) is 0 Å². The van der Waals surface area contributed by atoms with Crippen LogP contribution in [0.5, 0.6) is 0 Å². The topological polar surface area (TPSA) is 64.3 Å². The summed E-state index contributed by atoms with van der Waals surface area (Å²) < 4.78 is 4.44. The zero-order valence-electron chi connectivity index (χ0n) is 8.12. The van der Waals surface area contributed by atoms with E-state index in [9.17, 15) is 4.79 Å². The van der Waals surface area contributed by atoms with Crippen molar-refractivity contribution in [2.75, 3.05) is 19.4 Å². The molecular formula is C10H14N2O2. The summed E-state index contributed by atoms with van der Waals surface area (Å²) in [4.78, 5) is 10.7. The molecule has 0 spiro atoms. The lowest BCUT2D eigenvalue weighted by atomic mass is 10.1. The van der Waals surface area contributed by atoms with Gasteiger partial charge in [0.25, 0.3) is 0 Å². The summed E-state index contributed by atoms with van der Waals surface area (Å²) in [6, 6.07) is 7.58. The highest BCUT2D eigenvalue weighted by atomic mass is 16.5. The molecule has 1 aromatic carbocycles. The van der Waals surface area contributed by atoms with Crippen LogP contribution in [0.2, 0.25) is 0 Å². The molecule has 4 heteroatoms. The maximum Gasteiger partial charge on any atom is 0.406 e. The van der Waals surface area contributed by atoms with Crippen molar-refractivity contribution >= 4 is 11.8 Å². The predicted molar refractivity (Wildman–Crippen MR) is 55.0 cm³/mol. The number of ether oxygens (including phenoxy) is 1. The van der Waals surface area contributed by atoms with Crippen LogP contribution >= 0.6 is 0 Å². The van der Waals surface area contributed by atoms with E-state index >= 15 is 0 Å². The van der Waals surface area contributed by atoms with E-state index in [0.717, 1.165) is 11.3 Å². The number of carbonyl (C=O) groups excluding carboxylic acids is 1. The van der Waals surface area contributed by atoms with Crippen molar-refractivity contribution in [1.29, 1.82) is 0 Å². The van der Waals surface area contributed by atoms with Crippen molar-refractivity contribution in [3.8, 4) is 0 Å². The van der Waals surface area contributed by atoms with E-state index in [4.69, 9.17) is 5.73 Å². The maximum atomic E-state index is 10.7. The molecule has 4 nitrogen and oxygen atoms in total. The van der Waals surface area contributed by atoms with E-state index in [1.807, 2.05) is 24.3 Å². The largest absolute Gasteiger partial charge is 0.453 e. The van der Waals surface area contributed by atoms with Gasteiger partial charge in [0, 0.05) is 12.2 Å². The Morgan fingerprint density at radius 1 is 1.50 bits per heavy atom. The minimum absolute atomic E-state index is 0.417. The van der Waals surface area contributed by atoms with E-state index in [2.05, 4.69) is 10.1 Å². The molecule has 0 bridgehead atoms. The van der Waals surface area contributed by atoms with Crippen molar-refractivity contribution in [3.05, 3.63) is 29.8 Å². The summed E-state index contributed by atoms with van der Waals surface area (Å²) in [6.45, 7) is 0.529. The Morgan fingerprint density at radius 3 is 2.86 bits per heavy atom. The monoisotopic (exact) mass is 194 g/mol. The number of carbonyl (C=O) groups is 1. The lowest BCUT2D eigenvalue weighted by Crippen LogP contribution is -2.25. The Hall–Kier alpha value is -1.71. The zero-order chi connectivity index (χ0) is 10.4. The number of amides is 1. The number of benzene rings is 1. The molecule has 0 fully saturated rings. The molecule has 0 radical (unpaired) electrons. The standard InChI is InChI=1S/C10H14N2O2/c1-14-10(13)12-7-6-8-4-2-3-5-9(8)11/h2-5H,6-7,11H2,1H3,(H,12,13). The molecule has 0 unspecified atom stereocenters. The van der Waals surface area contributed by atoms with Crippen LogP contribution in [0.25, 0.3) is 0 Å². The number of rotatable bonds is 3. The highest BCUT2D eigenvalue weighted by Crippen LogP contribution is 2.10. The van der Waals surface area contributed by atoms with Gasteiger partial charge in [-0.2, -0.15) is 0 Å². The van der Waals surface area contributed by atoms with Gasteiger partial charge in [-0.15, -0.1) is 0 Å². The quantitative estimate of drug-likeness (QED) is 0.710. The number of nitrogens with two attached hydrogens (primary N) is 1. The summed E-state index contributed by atoms with van der Waals surface area (Å²) in [5.41, 5.74) is 7.51. The molecule has 14 heavy (non-hydrogen) atoms. The van der Waals surface area contributed by atoms with E-state index in [0.29, 0.717) is 13.0 Å². The van der Waals surface area contributed by atoms with Crippen molar-refractivity contribution < 1.29 is 9.53 Å². The Balaban J connectivity index is 2.39. The van der Waals surface area contributed by atoms with Crippen LogP contribution in [-0.4, -0.2) is 19.7 Å². The Kier molecular flexibility index (Phi) is 3.79. The first-order chi connectivity index (χ1) is 6.74. The summed E-state index contributed by atoms with van der Waals surface area (Å²) >= 11 is 0. The van der Waals surface area contributed by atoms with Gasteiger partial charge in [0.15, 0.2) is 0 Å². The minimum atomic E-state index is -0.417. The van der Waals surface area contributed by atoms with Gasteiger partial charge in [0.05, 0.1) is 7.11 Å². The molecule has 3 N–H and O–H groups in total. The van der Waals surface area contributed by atoms with Crippen LogP contribution in [0, 0.1) is 0 Å². The summed E-state index contributed by atoms with van der Waals surface area (Å²) in [6.07, 6.45) is 0.293. The molecular weight excluding hydrogens is 180 g/mol. The van der Waals surface area contributed by atoms with Crippen LogP contribution in [0.1, 0.15) is 5.56 Å². The van der Waals surface area contributed by atoms with E-state index in [-0.39, 0.29) is 0 Å². The first kappa shape index (κ1) is 10.4. The number of hydrogen-bond acceptors (Lipinski definition) is 3. The SMILES string of the molecule is COC(=O)NCCc1ccccc1N. The van der Waals surface area contributed by atoms with E-state index in [1.54, 1.807) is 0 Å². The molecule has 1 amide bonds. The van der Waals surface area contributed by atoms with Gasteiger partial charge in [0.2, 0.25) is 0 Å². The van der Waals surface area contributed by atoms with Gasteiger partial charge < -0.3 is 15.8 Å². The molecule has 1 rings (SSSR count). The second kappa shape index (κ2) is 5.11. The molecule has 0 aliphatic heterocycles. The molecule has 0 aliphatic carbocycles. The normalized spacial score (nSPS) is 9.50. The van der Waals surface area contributed by atoms with Crippen LogP contribution in [0.4, 0.5) is 10.5 Å². The third kappa shape index (κ3) is 2.97. The molecule has 0 aliphatic rings. The maximum absolute atomic E-state index is 10.7. The Labute approximate surface area is 83.1 Å². The molecule has 0 heterocycles. The fourth-order valence-corrected chi connectivity index (χ4v) is 1.13. The third-order valence-electron chi connectivity index (χ3n) is 1.90. The Morgan fingerprint density at radius 2 is 2.21 bits per heavy atom. The molecule has 0 aromatic heterocycles. The smallest absolute Gasteiger partial charge is 0.406 e. The lowest BCUT2D eigenvalue weighted by molar-refractivity contribution is 0.171. The first-order valence-electron chi connectivity index (χ1n) is 4.39. The second-order valence-electron chi connectivity index (χ2n) is 2.87. The highest BCUT2D eigenvalue weighted by molar-refractivity contribution is 5.66. The van der Waals surface area contributed by atoms with Crippen LogP contribution in [0.15, 0.2) is 24.3 Å². The van der Waals surface area contributed by atoms with Crippen molar-refractivity contribution in [1.82, 2.24) is 5.32 Å². The van der Waals surface area contributed by atoms with Gasteiger partial charge in [-0.05, 0) is 18.1 Å². The van der Waals surface area contributed by atoms with Gasteiger partial charge in [-0.1, -0.05) is 18.2 Å². The lowest BCUT2D eigenvalue weighted by Gasteiger charge is -2.05. The molecule has 0 saturated heterocycles. The van der Waals surface area contributed by atoms with E-state index < -0.39 is 6.09 Å². The molecule has 0 atom stereocenters. The van der Waals surface area contributed by atoms with Crippen molar-refractivity contribution in [2.24, 2.45) is 0 Å². The molecule has 0 saturated carbocycles. The number of anilines is 1. The van der Waals surface area contributed by atoms with Crippen LogP contribution in [-0.2, 0) is 11.2 Å². The molecule has 1 aromatic rings. The summed E-state index contributed by atoms with van der Waals surface area (Å²) in [7, 11) is 1.34. The number of nitrogen functional groups attached to an aromatic ring is 1. The van der Waals surface area contributed by atoms with Gasteiger partial charge in [-0.25, -0.2) is 4.79 Å². The van der Waals surface area contributed by atoms with Crippen LogP contribution < -0.4 is 11.1 Å². The fourth-order valence-electron chi connectivity index (χ4n) is 1.13. The van der Waals surface area contributed by atoms with E-state index in [1.165, 1.54) is 7.11 Å². The number of alkyl carbamates (subject to hydrolysis) is 1. The van der Waals surface area contributed by atoms with Gasteiger partial charge >= 0.3 is 6.09 Å². The summed E-state index contributed by atoms with van der Waals surface area (Å²) in [5.74, 6) is 0. The highest BCUT2D eigenvalue weighted by Gasteiger charge is 2.00. The molecule has 76 valence electrons. The second-order valence-corrected chi connectivity index (χ2v) is 2.87. The predicted octanol–water partition coefficient (Wildman–Crippen LogP) is 1.17. The van der Waals surface area contributed by atoms with Crippen molar-refractivity contribution in [2.45, 2.75) is 6.42 Å². The number of para-hydroxylation sites is 1. The first-order valence-corrected chi connectivity index (χ1v) is 4.39. The summed E-state index contributed by atoms with van der Waals surface area (Å²) in [5, 5.41) is 2.59.